The molecule has 0 amide bonds. The van der Waals surface area contributed by atoms with Crippen molar-refractivity contribution < 1.29 is 13.2 Å². The summed E-state index contributed by atoms with van der Waals surface area (Å²) >= 11 is 1.17. The molecule has 0 radical (unpaired) electrons. The third-order valence-corrected chi connectivity index (χ3v) is 3.45. The summed E-state index contributed by atoms with van der Waals surface area (Å²) in [6, 6.07) is 4.85. The van der Waals surface area contributed by atoms with Crippen molar-refractivity contribution in [1.82, 2.24) is 0 Å². The second-order valence-electron chi connectivity index (χ2n) is 3.33. The van der Waals surface area contributed by atoms with E-state index in [0.29, 0.717) is 5.56 Å². The first-order valence-electron chi connectivity index (χ1n) is 4.59. The van der Waals surface area contributed by atoms with Crippen molar-refractivity contribution in [2.45, 2.75) is 19.5 Å². The lowest BCUT2D eigenvalue weighted by atomic mass is 10.2. The molecule has 0 aromatic carbocycles. The smallest absolute Gasteiger partial charge is 0.166 e. The molecule has 0 bridgehead atoms. The van der Waals surface area contributed by atoms with E-state index in [9.17, 15) is 13.2 Å². The van der Waals surface area contributed by atoms with Crippen LogP contribution < -0.4 is 0 Å². The minimum Gasteiger partial charge on any atom is -0.166 e. The average Bonchev–Trinajstić information content (AvgIpc) is 2.58. The van der Waals surface area contributed by atoms with Crippen LogP contribution in [-0.2, 0) is 12.6 Å². The molecule has 0 saturated carbocycles. The molecule has 0 aromatic rings. The van der Waals surface area contributed by atoms with Gasteiger partial charge in [-0.3, -0.25) is 0 Å². The Morgan fingerprint density at radius 2 is 2.00 bits per heavy atom. The summed E-state index contributed by atoms with van der Waals surface area (Å²) in [5.41, 5.74) is 1.24. The Hall–Kier alpha value is -1.03. The molecular weight excluding hydrogens is 221 g/mol. The Labute approximate surface area is 89.7 Å². The van der Waals surface area contributed by atoms with Crippen molar-refractivity contribution in [2.75, 3.05) is 0 Å². The molecule has 0 aromatic heterocycles. The third-order valence-electron chi connectivity index (χ3n) is 2.34. The van der Waals surface area contributed by atoms with Gasteiger partial charge in [-0.05, 0) is 23.6 Å². The van der Waals surface area contributed by atoms with Crippen LogP contribution in [0.3, 0.4) is 0 Å². The van der Waals surface area contributed by atoms with E-state index in [-0.39, 0.29) is 0 Å². The second-order valence-corrected chi connectivity index (χ2v) is 4.21. The van der Waals surface area contributed by atoms with Gasteiger partial charge in [0, 0.05) is 10.3 Å². The van der Waals surface area contributed by atoms with E-state index in [2.05, 4.69) is 0 Å². The maximum atomic E-state index is 12.4. The van der Waals surface area contributed by atoms with Gasteiger partial charge >= 0.3 is 6.18 Å². The van der Waals surface area contributed by atoms with Crippen molar-refractivity contribution in [3.8, 4) is 10.4 Å². The molecule has 0 nitrogen and oxygen atoms in total. The minimum atomic E-state index is -4.24. The van der Waals surface area contributed by atoms with Crippen LogP contribution in [0.1, 0.15) is 18.1 Å². The van der Waals surface area contributed by atoms with Crippen LogP contribution in [-0.4, -0.2) is 0 Å². The molecule has 80 valence electrons. The lowest BCUT2D eigenvalue weighted by molar-refractivity contribution is -0.137. The number of alkyl halides is 3. The first-order valence-corrected chi connectivity index (χ1v) is 5.47. The predicted molar refractivity (Wildman–Crippen MR) is 55.3 cm³/mol. The maximum absolute atomic E-state index is 12.4. The van der Waals surface area contributed by atoms with E-state index >= 15 is 0 Å². The highest BCUT2D eigenvalue weighted by atomic mass is 32.1. The van der Waals surface area contributed by atoms with Crippen LogP contribution in [0, 0.1) is 0 Å². The summed E-state index contributed by atoms with van der Waals surface area (Å²) in [7, 11) is 0. The van der Waals surface area contributed by atoms with Gasteiger partial charge in [0.2, 0.25) is 0 Å². The Morgan fingerprint density at radius 1 is 1.27 bits per heavy atom. The molecule has 4 heteroatoms. The van der Waals surface area contributed by atoms with Crippen LogP contribution in [0.5, 0.6) is 0 Å². The standard InChI is InChI=1S/C11H9F3S/c1-2-7-3-4-8-5-9(11(12,13)14)6-15-10(7)8/h3-6H,2H2,1H3. The van der Waals surface area contributed by atoms with Crippen LogP contribution in [0.25, 0.3) is 10.4 Å². The van der Waals surface area contributed by atoms with Gasteiger partial charge in [0.05, 0.1) is 5.56 Å². The fourth-order valence-corrected chi connectivity index (χ4v) is 2.61. The number of halogens is 3. The predicted octanol–water partition coefficient (Wildman–Crippen LogP) is 4.43. The molecule has 0 saturated heterocycles. The first kappa shape index (κ1) is 10.5. The number of hydrogen-bond donors (Lipinski definition) is 0. The Kier molecular flexibility index (Phi) is 2.46. The van der Waals surface area contributed by atoms with Gasteiger partial charge in [-0.1, -0.05) is 19.1 Å². The minimum absolute atomic E-state index is 0.562. The van der Waals surface area contributed by atoms with Gasteiger partial charge in [0.1, 0.15) is 0 Å². The molecule has 0 atom stereocenters. The zero-order valence-electron chi connectivity index (χ0n) is 8.06. The van der Waals surface area contributed by atoms with Gasteiger partial charge in [-0.2, -0.15) is 13.2 Å². The molecular formula is C11H9F3S. The van der Waals surface area contributed by atoms with Crippen LogP contribution >= 0.6 is 11.3 Å². The topological polar surface area (TPSA) is 0 Å². The SMILES string of the molecule is CCc1ccc2cc(C(F)(F)F)csc1-2. The van der Waals surface area contributed by atoms with Crippen molar-refractivity contribution in [2.24, 2.45) is 0 Å². The Bertz CT molecular complexity index is 442. The fourth-order valence-electron chi connectivity index (χ4n) is 1.54. The van der Waals surface area contributed by atoms with Crippen molar-refractivity contribution >= 4 is 11.3 Å². The first-order chi connectivity index (χ1) is 7.02. The normalized spacial score (nSPS) is 12.3. The lowest BCUT2D eigenvalue weighted by Crippen LogP contribution is -2.04. The van der Waals surface area contributed by atoms with Crippen molar-refractivity contribution in [3.05, 3.63) is 34.7 Å². The highest BCUT2D eigenvalue weighted by Gasteiger charge is 2.31. The average molecular weight is 230 g/mol. The van der Waals surface area contributed by atoms with Gasteiger partial charge < -0.3 is 0 Å². The van der Waals surface area contributed by atoms with Gasteiger partial charge in [-0.25, -0.2) is 0 Å². The largest absolute Gasteiger partial charge is 0.417 e. The van der Waals surface area contributed by atoms with Crippen molar-refractivity contribution in [1.29, 1.82) is 0 Å². The third kappa shape index (κ3) is 1.86. The molecule has 15 heavy (non-hydrogen) atoms. The number of aryl methyl sites for hydroxylation is 1. The molecule has 1 aliphatic heterocycles. The van der Waals surface area contributed by atoms with Gasteiger partial charge in [0.25, 0.3) is 0 Å². The van der Waals surface area contributed by atoms with E-state index in [1.165, 1.54) is 22.8 Å². The fraction of sp³-hybridized carbons (Fsp3) is 0.273. The van der Waals surface area contributed by atoms with Crippen molar-refractivity contribution in [3.63, 3.8) is 0 Å². The summed E-state index contributed by atoms with van der Waals surface area (Å²) in [4.78, 5) is 0.963. The van der Waals surface area contributed by atoms with E-state index in [0.717, 1.165) is 16.9 Å². The Morgan fingerprint density at radius 3 is 2.60 bits per heavy atom. The molecule has 0 fully saturated rings. The van der Waals surface area contributed by atoms with E-state index in [1.54, 1.807) is 6.07 Å². The van der Waals surface area contributed by atoms with Crippen LogP contribution in [0.4, 0.5) is 13.2 Å². The number of fused-ring (bicyclic) bond motifs is 1. The summed E-state index contributed by atoms with van der Waals surface area (Å²) in [6.07, 6.45) is -3.39. The quantitative estimate of drug-likeness (QED) is 0.679. The molecule has 0 N–H and O–H groups in total. The molecule has 2 rings (SSSR count). The summed E-state index contributed by atoms with van der Waals surface area (Å²) < 4.78 is 37.2. The van der Waals surface area contributed by atoms with E-state index < -0.39 is 11.7 Å². The summed E-state index contributed by atoms with van der Waals surface area (Å²) in [6.45, 7) is 2.00. The highest BCUT2D eigenvalue weighted by Crippen LogP contribution is 2.38. The van der Waals surface area contributed by atoms with E-state index in [4.69, 9.17) is 0 Å². The molecule has 1 heterocycles. The molecule has 1 aliphatic carbocycles. The highest BCUT2D eigenvalue weighted by molar-refractivity contribution is 7.13. The van der Waals surface area contributed by atoms with Crippen LogP contribution in [0.2, 0.25) is 0 Å². The van der Waals surface area contributed by atoms with Gasteiger partial charge in [-0.15, -0.1) is 11.3 Å². The van der Waals surface area contributed by atoms with Gasteiger partial charge in [0.15, 0.2) is 0 Å². The zero-order chi connectivity index (χ0) is 11.1. The zero-order valence-corrected chi connectivity index (χ0v) is 8.88. The van der Waals surface area contributed by atoms with E-state index in [1.807, 2.05) is 13.0 Å². The second kappa shape index (κ2) is 3.52. The lowest BCUT2D eigenvalue weighted by Gasteiger charge is -2.08. The van der Waals surface area contributed by atoms with Crippen LogP contribution in [0.15, 0.2) is 23.6 Å². The maximum Gasteiger partial charge on any atom is 0.417 e. The molecule has 0 unspecified atom stereocenters. The summed E-state index contributed by atoms with van der Waals surface area (Å²) in [5, 5.41) is 1.18. The number of rotatable bonds is 1. The number of hydrogen-bond acceptors (Lipinski definition) is 1. The Balaban J connectivity index is 2.53. The monoisotopic (exact) mass is 230 g/mol. The molecule has 0 spiro atoms. The molecule has 2 aliphatic rings. The summed E-state index contributed by atoms with van der Waals surface area (Å²) in [5.74, 6) is 0.